The van der Waals surface area contributed by atoms with Gasteiger partial charge in [-0.3, -0.25) is 9.48 Å². The lowest BCUT2D eigenvalue weighted by molar-refractivity contribution is 0.0741. The highest BCUT2D eigenvalue weighted by Crippen LogP contribution is 2.10. The van der Waals surface area contributed by atoms with Crippen LogP contribution in [0.4, 0.5) is 0 Å². The van der Waals surface area contributed by atoms with Crippen LogP contribution in [-0.4, -0.2) is 44.7 Å². The van der Waals surface area contributed by atoms with Crippen molar-refractivity contribution in [3.05, 3.63) is 17.5 Å². The maximum Gasteiger partial charge on any atom is 0.272 e. The molecule has 1 heterocycles. The van der Waals surface area contributed by atoms with E-state index in [0.717, 1.165) is 5.69 Å². The molecule has 0 aromatic carbocycles. The van der Waals surface area contributed by atoms with E-state index in [0.29, 0.717) is 25.3 Å². The van der Waals surface area contributed by atoms with Gasteiger partial charge in [-0.1, -0.05) is 12.1 Å². The second kappa shape index (κ2) is 6.93. The van der Waals surface area contributed by atoms with E-state index in [-0.39, 0.29) is 17.7 Å². The van der Waals surface area contributed by atoms with Crippen LogP contribution >= 0.6 is 0 Å². The molecule has 7 heteroatoms. The molecule has 1 aromatic heterocycles. The van der Waals surface area contributed by atoms with Crippen molar-refractivity contribution in [2.24, 2.45) is 16.8 Å². The van der Waals surface area contributed by atoms with E-state index < -0.39 is 0 Å². The Kier molecular flexibility index (Phi) is 5.54. The lowest BCUT2D eigenvalue weighted by Gasteiger charge is -2.24. The Bertz CT molecular complexity index is 495. The number of nitrogens with two attached hydrogens (primary N) is 1. The molecule has 0 aliphatic heterocycles. The lowest BCUT2D eigenvalue weighted by atomic mass is 10.1. The average molecular weight is 281 g/mol. The summed E-state index contributed by atoms with van der Waals surface area (Å²) >= 11 is 0. The number of hydrogen-bond donors (Lipinski definition) is 2. The number of amides is 1. The summed E-state index contributed by atoms with van der Waals surface area (Å²) < 4.78 is 1.69. The summed E-state index contributed by atoms with van der Waals surface area (Å²) in [4.78, 5) is 14.2. The quantitative estimate of drug-likeness (QED) is 0.352. The number of aromatic nitrogens is 2. The minimum absolute atomic E-state index is 0.0902. The van der Waals surface area contributed by atoms with Crippen LogP contribution < -0.4 is 5.73 Å². The average Bonchev–Trinajstić information content (AvgIpc) is 2.83. The highest BCUT2D eigenvalue weighted by molar-refractivity contribution is 5.93. The SMILES string of the molecule is CCN(CC(C)C(N)=NO)C(=O)c1cc(C)nn1CC. The van der Waals surface area contributed by atoms with Crippen LogP contribution in [0.2, 0.25) is 0 Å². The first-order valence-electron chi connectivity index (χ1n) is 6.75. The molecular formula is C13H23N5O2. The van der Waals surface area contributed by atoms with Crippen LogP contribution in [0.1, 0.15) is 37.0 Å². The summed E-state index contributed by atoms with van der Waals surface area (Å²) in [5.74, 6) is -0.174. The largest absolute Gasteiger partial charge is 0.409 e. The number of carbonyl (C=O) groups excluding carboxylic acids is 1. The van der Waals surface area contributed by atoms with Gasteiger partial charge in [-0.25, -0.2) is 0 Å². The Morgan fingerprint density at radius 1 is 1.60 bits per heavy atom. The first-order valence-corrected chi connectivity index (χ1v) is 6.75. The fraction of sp³-hybridized carbons (Fsp3) is 0.615. The van der Waals surface area contributed by atoms with Crippen LogP contribution in [0.15, 0.2) is 11.2 Å². The highest BCUT2D eigenvalue weighted by atomic mass is 16.4. The van der Waals surface area contributed by atoms with Gasteiger partial charge in [-0.05, 0) is 26.8 Å². The Morgan fingerprint density at radius 3 is 2.75 bits per heavy atom. The number of aryl methyl sites for hydroxylation is 2. The third-order valence-corrected chi connectivity index (χ3v) is 3.20. The van der Waals surface area contributed by atoms with Gasteiger partial charge < -0.3 is 15.8 Å². The molecule has 0 radical (unpaired) electrons. The molecular weight excluding hydrogens is 258 g/mol. The summed E-state index contributed by atoms with van der Waals surface area (Å²) in [6.07, 6.45) is 0. The zero-order valence-electron chi connectivity index (χ0n) is 12.5. The third-order valence-electron chi connectivity index (χ3n) is 3.20. The van der Waals surface area contributed by atoms with E-state index in [4.69, 9.17) is 10.9 Å². The molecule has 1 amide bonds. The van der Waals surface area contributed by atoms with Crippen LogP contribution in [-0.2, 0) is 6.54 Å². The minimum Gasteiger partial charge on any atom is -0.409 e. The Labute approximate surface area is 119 Å². The predicted molar refractivity (Wildman–Crippen MR) is 76.8 cm³/mol. The van der Waals surface area contributed by atoms with E-state index >= 15 is 0 Å². The van der Waals surface area contributed by atoms with E-state index in [1.165, 1.54) is 0 Å². The van der Waals surface area contributed by atoms with Crippen LogP contribution in [0, 0.1) is 12.8 Å². The standard InChI is InChI=1S/C13H23N5O2/c1-5-17(8-9(3)12(14)16-20)13(19)11-7-10(4)15-18(11)6-2/h7,9,20H,5-6,8H2,1-4H3,(H2,14,16). The van der Waals surface area contributed by atoms with Crippen LogP contribution in [0.25, 0.3) is 0 Å². The molecule has 1 rings (SSSR count). The molecule has 0 aliphatic rings. The van der Waals surface area contributed by atoms with Crippen molar-refractivity contribution in [3.8, 4) is 0 Å². The first kappa shape index (κ1) is 16.0. The topological polar surface area (TPSA) is 96.7 Å². The van der Waals surface area contributed by atoms with Gasteiger partial charge in [0.1, 0.15) is 11.5 Å². The van der Waals surface area contributed by atoms with Gasteiger partial charge in [-0.15, -0.1) is 0 Å². The van der Waals surface area contributed by atoms with Gasteiger partial charge in [0.25, 0.3) is 5.91 Å². The van der Waals surface area contributed by atoms with Crippen LogP contribution in [0.5, 0.6) is 0 Å². The lowest BCUT2D eigenvalue weighted by Crippen LogP contribution is -2.39. The van der Waals surface area contributed by atoms with Crippen LogP contribution in [0.3, 0.4) is 0 Å². The molecule has 7 nitrogen and oxygen atoms in total. The molecule has 20 heavy (non-hydrogen) atoms. The monoisotopic (exact) mass is 281 g/mol. The molecule has 1 unspecified atom stereocenters. The smallest absolute Gasteiger partial charge is 0.272 e. The van der Waals surface area contributed by atoms with Gasteiger partial charge in [0.2, 0.25) is 0 Å². The number of hydrogen-bond acceptors (Lipinski definition) is 4. The summed E-state index contributed by atoms with van der Waals surface area (Å²) in [6, 6.07) is 1.78. The minimum atomic E-state index is -0.206. The van der Waals surface area contributed by atoms with Gasteiger partial charge in [-0.2, -0.15) is 5.10 Å². The maximum atomic E-state index is 12.5. The Morgan fingerprint density at radius 2 is 2.25 bits per heavy atom. The van der Waals surface area contributed by atoms with E-state index in [1.807, 2.05) is 27.7 Å². The van der Waals surface area contributed by atoms with Gasteiger partial charge in [0.15, 0.2) is 0 Å². The highest BCUT2D eigenvalue weighted by Gasteiger charge is 2.22. The van der Waals surface area contributed by atoms with E-state index in [9.17, 15) is 4.79 Å². The van der Waals surface area contributed by atoms with Crippen molar-refractivity contribution in [2.45, 2.75) is 34.2 Å². The normalized spacial score (nSPS) is 13.3. The Balaban J connectivity index is 2.91. The number of rotatable bonds is 6. The number of oxime groups is 1. The number of amidine groups is 1. The number of carbonyl (C=O) groups is 1. The fourth-order valence-electron chi connectivity index (χ4n) is 2.00. The third kappa shape index (κ3) is 3.49. The second-order valence-corrected chi connectivity index (χ2v) is 4.76. The Hall–Kier alpha value is -2.05. The molecule has 0 fully saturated rings. The predicted octanol–water partition coefficient (Wildman–Crippen LogP) is 1.06. The summed E-state index contributed by atoms with van der Waals surface area (Å²) in [7, 11) is 0. The molecule has 0 bridgehead atoms. The van der Waals surface area contributed by atoms with Crippen molar-refractivity contribution in [1.82, 2.24) is 14.7 Å². The molecule has 0 spiro atoms. The second-order valence-electron chi connectivity index (χ2n) is 4.76. The van der Waals surface area contributed by atoms with E-state index in [1.54, 1.807) is 15.6 Å². The van der Waals surface area contributed by atoms with Crippen molar-refractivity contribution in [2.75, 3.05) is 13.1 Å². The van der Waals surface area contributed by atoms with Crippen molar-refractivity contribution < 1.29 is 10.0 Å². The maximum absolute atomic E-state index is 12.5. The molecule has 3 N–H and O–H groups in total. The zero-order chi connectivity index (χ0) is 15.3. The summed E-state index contributed by atoms with van der Waals surface area (Å²) in [5.41, 5.74) is 6.95. The molecule has 112 valence electrons. The molecule has 1 aromatic rings. The molecule has 0 saturated carbocycles. The van der Waals surface area contributed by atoms with Crippen molar-refractivity contribution in [3.63, 3.8) is 0 Å². The molecule has 0 saturated heterocycles. The van der Waals surface area contributed by atoms with E-state index in [2.05, 4.69) is 10.3 Å². The van der Waals surface area contributed by atoms with Gasteiger partial charge in [0.05, 0.1) is 5.69 Å². The van der Waals surface area contributed by atoms with Gasteiger partial charge in [0, 0.05) is 25.6 Å². The summed E-state index contributed by atoms with van der Waals surface area (Å²) in [5, 5.41) is 15.9. The zero-order valence-corrected chi connectivity index (χ0v) is 12.5. The van der Waals surface area contributed by atoms with Crippen molar-refractivity contribution >= 4 is 11.7 Å². The fourth-order valence-corrected chi connectivity index (χ4v) is 2.00. The molecule has 0 aliphatic carbocycles. The number of nitrogens with zero attached hydrogens (tertiary/aromatic N) is 4. The first-order chi connectivity index (χ1) is 9.44. The summed E-state index contributed by atoms with van der Waals surface area (Å²) in [6.45, 7) is 9.11. The van der Waals surface area contributed by atoms with Crippen molar-refractivity contribution in [1.29, 1.82) is 0 Å². The van der Waals surface area contributed by atoms with Gasteiger partial charge >= 0.3 is 0 Å². The molecule has 1 atom stereocenters.